The van der Waals surface area contributed by atoms with Crippen LogP contribution in [0.5, 0.6) is 0 Å². The van der Waals surface area contributed by atoms with Crippen LogP contribution in [0.15, 0.2) is 0 Å². The lowest BCUT2D eigenvalue weighted by molar-refractivity contribution is -0.149. The van der Waals surface area contributed by atoms with Crippen molar-refractivity contribution in [3.05, 3.63) is 0 Å². The van der Waals surface area contributed by atoms with E-state index in [1.165, 1.54) is 0 Å². The third kappa shape index (κ3) is 2.44. The fourth-order valence-electron chi connectivity index (χ4n) is 4.13. The molecule has 0 aromatic heterocycles. The van der Waals surface area contributed by atoms with E-state index in [0.29, 0.717) is 19.6 Å². The number of hydrogen-bond acceptors (Lipinski definition) is 3. The Kier molecular flexibility index (Phi) is 4.00. The fraction of sp³-hybridized carbons (Fsp3) is 0.750. The highest BCUT2D eigenvalue weighted by atomic mass is 16.5. The molecule has 1 saturated carbocycles. The van der Waals surface area contributed by atoms with Crippen molar-refractivity contribution in [2.75, 3.05) is 19.7 Å². The number of ether oxygens (including phenoxy) is 1. The second-order valence-corrected chi connectivity index (χ2v) is 6.58. The van der Waals surface area contributed by atoms with E-state index in [2.05, 4.69) is 11.2 Å². The van der Waals surface area contributed by atoms with Crippen LogP contribution in [0.3, 0.4) is 0 Å². The third-order valence-electron chi connectivity index (χ3n) is 5.38. The number of carboxylic acids is 1. The number of carboxylic acid groups (broad SMARTS) is 1. The van der Waals surface area contributed by atoms with Crippen molar-refractivity contribution in [2.24, 2.45) is 11.3 Å². The molecule has 0 bridgehead atoms. The lowest BCUT2D eigenvalue weighted by Crippen LogP contribution is -2.48. The summed E-state index contributed by atoms with van der Waals surface area (Å²) in [6.45, 7) is 1.45. The largest absolute Gasteiger partial charge is 0.481 e. The second kappa shape index (κ2) is 5.81. The Morgan fingerprint density at radius 2 is 2.23 bits per heavy atom. The van der Waals surface area contributed by atoms with Crippen molar-refractivity contribution in [2.45, 2.75) is 44.2 Å². The van der Waals surface area contributed by atoms with Crippen LogP contribution in [-0.2, 0) is 9.53 Å². The molecule has 120 valence electrons. The number of nitrogens with zero attached hydrogens (tertiary/aromatic N) is 1. The molecule has 4 atom stereocenters. The van der Waals surface area contributed by atoms with Gasteiger partial charge in [0.1, 0.15) is 6.04 Å². The molecule has 0 aromatic carbocycles. The molecule has 6 heteroatoms. The number of urea groups is 1. The zero-order chi connectivity index (χ0) is 15.7. The summed E-state index contributed by atoms with van der Waals surface area (Å²) >= 11 is 0. The van der Waals surface area contributed by atoms with E-state index >= 15 is 0 Å². The molecule has 0 spiro atoms. The first kappa shape index (κ1) is 15.2. The summed E-state index contributed by atoms with van der Waals surface area (Å²) in [4.78, 5) is 25.7. The summed E-state index contributed by atoms with van der Waals surface area (Å²) < 4.78 is 5.53. The second-order valence-electron chi connectivity index (χ2n) is 6.58. The number of amides is 2. The molecular formula is C16H22N2O4. The van der Waals surface area contributed by atoms with Gasteiger partial charge in [-0.05, 0) is 31.6 Å². The maximum absolute atomic E-state index is 12.4. The zero-order valence-electron chi connectivity index (χ0n) is 12.6. The highest BCUT2D eigenvalue weighted by molar-refractivity contribution is 5.81. The Labute approximate surface area is 130 Å². The molecule has 2 unspecified atom stereocenters. The topological polar surface area (TPSA) is 78.9 Å². The van der Waals surface area contributed by atoms with Gasteiger partial charge in [-0.25, -0.2) is 4.79 Å². The molecule has 0 aromatic rings. The van der Waals surface area contributed by atoms with Crippen molar-refractivity contribution in [3.8, 4) is 12.3 Å². The van der Waals surface area contributed by atoms with Crippen LogP contribution >= 0.6 is 0 Å². The maximum atomic E-state index is 12.4. The minimum absolute atomic E-state index is 0.0581. The van der Waals surface area contributed by atoms with Crippen LogP contribution in [0.2, 0.25) is 0 Å². The molecule has 2 N–H and O–H groups in total. The lowest BCUT2D eigenvalue weighted by Gasteiger charge is -2.25. The summed E-state index contributed by atoms with van der Waals surface area (Å²) in [6, 6.07) is -0.718. The van der Waals surface area contributed by atoms with Gasteiger partial charge in [-0.2, -0.15) is 0 Å². The number of fused-ring (bicyclic) bond motifs is 1. The van der Waals surface area contributed by atoms with Crippen molar-refractivity contribution in [1.82, 2.24) is 10.2 Å². The fourth-order valence-corrected chi connectivity index (χ4v) is 4.13. The number of likely N-dealkylation sites (tertiary alicyclic amines) is 1. The third-order valence-corrected chi connectivity index (χ3v) is 5.38. The predicted octanol–water partition coefficient (Wildman–Crippen LogP) is 1.06. The van der Waals surface area contributed by atoms with E-state index in [9.17, 15) is 14.7 Å². The number of hydrogen-bond donors (Lipinski definition) is 2. The van der Waals surface area contributed by atoms with Crippen molar-refractivity contribution in [3.63, 3.8) is 0 Å². The Balaban J connectivity index is 1.64. The van der Waals surface area contributed by atoms with Crippen LogP contribution in [-0.4, -0.2) is 53.8 Å². The number of carbonyl (C=O) groups is 2. The molecule has 1 aliphatic carbocycles. The van der Waals surface area contributed by atoms with Gasteiger partial charge >= 0.3 is 12.0 Å². The molecule has 3 aliphatic rings. The van der Waals surface area contributed by atoms with E-state index in [4.69, 9.17) is 11.2 Å². The van der Waals surface area contributed by atoms with Crippen LogP contribution < -0.4 is 5.32 Å². The molecule has 2 heterocycles. The van der Waals surface area contributed by atoms with E-state index in [1.807, 2.05) is 0 Å². The summed E-state index contributed by atoms with van der Waals surface area (Å²) in [7, 11) is 0. The number of terminal acetylenes is 1. The van der Waals surface area contributed by atoms with Crippen molar-refractivity contribution >= 4 is 12.0 Å². The average molecular weight is 306 g/mol. The molecule has 0 radical (unpaired) electrons. The van der Waals surface area contributed by atoms with E-state index in [0.717, 1.165) is 25.7 Å². The Hall–Kier alpha value is -1.74. The van der Waals surface area contributed by atoms with Crippen LogP contribution in [0, 0.1) is 23.7 Å². The summed E-state index contributed by atoms with van der Waals surface area (Å²) in [6.07, 6.45) is 9.62. The van der Waals surface area contributed by atoms with E-state index < -0.39 is 17.4 Å². The average Bonchev–Trinajstić information content (AvgIpc) is 3.18. The number of carbonyl (C=O) groups excluding carboxylic acids is 1. The summed E-state index contributed by atoms with van der Waals surface area (Å²) in [5.41, 5.74) is -0.757. The van der Waals surface area contributed by atoms with E-state index in [-0.39, 0.29) is 24.6 Å². The molecule has 2 amide bonds. The lowest BCUT2D eigenvalue weighted by atomic mass is 9.81. The molecule has 6 nitrogen and oxygen atoms in total. The van der Waals surface area contributed by atoms with Gasteiger partial charge in [-0.1, -0.05) is 12.3 Å². The Morgan fingerprint density at radius 3 is 2.82 bits per heavy atom. The van der Waals surface area contributed by atoms with Gasteiger partial charge in [-0.15, -0.1) is 6.42 Å². The standard InChI is InChI=1S/C16H22N2O4/c1-2-12(13-6-4-8-22-13)17-15(21)18-9-11-5-3-7-16(11,10-18)14(19)20/h1,11-13H,3-10H2,(H,17,21)(H,19,20)/t11-,12?,13?,16+/m0/s1. The van der Waals surface area contributed by atoms with Crippen molar-refractivity contribution < 1.29 is 19.4 Å². The zero-order valence-corrected chi connectivity index (χ0v) is 12.6. The first-order chi connectivity index (χ1) is 10.6. The van der Waals surface area contributed by atoms with Gasteiger partial charge < -0.3 is 20.1 Å². The number of rotatable bonds is 3. The summed E-state index contributed by atoms with van der Waals surface area (Å²) in [5, 5.41) is 12.4. The highest BCUT2D eigenvalue weighted by Crippen LogP contribution is 2.48. The van der Waals surface area contributed by atoms with Crippen molar-refractivity contribution in [1.29, 1.82) is 0 Å². The molecule has 2 saturated heterocycles. The monoisotopic (exact) mass is 306 g/mol. The molecule has 22 heavy (non-hydrogen) atoms. The number of nitrogens with one attached hydrogen (secondary N) is 1. The smallest absolute Gasteiger partial charge is 0.318 e. The quantitative estimate of drug-likeness (QED) is 0.764. The number of aliphatic carboxylic acids is 1. The Morgan fingerprint density at radius 1 is 1.41 bits per heavy atom. The van der Waals surface area contributed by atoms with Gasteiger partial charge in [0.15, 0.2) is 0 Å². The molecule has 3 rings (SSSR count). The predicted molar refractivity (Wildman–Crippen MR) is 79.1 cm³/mol. The SMILES string of the molecule is C#CC(NC(=O)N1C[C@@H]2CCC[C@@]2(C(=O)O)C1)C1CCCO1. The van der Waals surface area contributed by atoms with Crippen LogP contribution in [0.1, 0.15) is 32.1 Å². The minimum atomic E-state index is -0.780. The van der Waals surface area contributed by atoms with Gasteiger partial charge in [0.05, 0.1) is 11.5 Å². The molecular weight excluding hydrogens is 284 g/mol. The van der Waals surface area contributed by atoms with Crippen LogP contribution in [0.4, 0.5) is 4.79 Å². The van der Waals surface area contributed by atoms with Gasteiger partial charge in [0.25, 0.3) is 0 Å². The minimum Gasteiger partial charge on any atom is -0.481 e. The van der Waals surface area contributed by atoms with Gasteiger partial charge in [-0.3, -0.25) is 4.79 Å². The van der Waals surface area contributed by atoms with Gasteiger partial charge in [0.2, 0.25) is 0 Å². The Bertz CT molecular complexity index is 509. The normalized spacial score (nSPS) is 35.0. The van der Waals surface area contributed by atoms with Crippen LogP contribution in [0.25, 0.3) is 0 Å². The molecule has 3 fully saturated rings. The van der Waals surface area contributed by atoms with E-state index in [1.54, 1.807) is 4.90 Å². The first-order valence-electron chi connectivity index (χ1n) is 7.93. The van der Waals surface area contributed by atoms with Gasteiger partial charge in [0, 0.05) is 19.7 Å². The summed E-state index contributed by atoms with van der Waals surface area (Å²) in [5.74, 6) is 1.86. The highest BCUT2D eigenvalue weighted by Gasteiger charge is 2.56. The molecule has 2 aliphatic heterocycles. The maximum Gasteiger partial charge on any atom is 0.318 e. The first-order valence-corrected chi connectivity index (χ1v) is 7.93.